The number of nitrogens with two attached hydrogens (primary N) is 1. The first kappa shape index (κ1) is 21.2. The van der Waals surface area contributed by atoms with Crippen molar-refractivity contribution in [3.63, 3.8) is 0 Å². The zero-order valence-electron chi connectivity index (χ0n) is 18.8. The fourth-order valence-corrected chi connectivity index (χ4v) is 3.97. The van der Waals surface area contributed by atoms with Crippen molar-refractivity contribution in [1.82, 2.24) is 20.0 Å². The SMILES string of the molecule is CC(C)(c1ccc(Oc2ccc(-n3nccn3)nc2)cc1)c1ccc(O[C@H]2C[C@H](N)C2)cc1. The van der Waals surface area contributed by atoms with Crippen molar-refractivity contribution >= 4 is 0 Å². The van der Waals surface area contributed by atoms with Crippen molar-refractivity contribution in [2.75, 3.05) is 0 Å². The number of benzene rings is 2. The Balaban J connectivity index is 1.24. The van der Waals surface area contributed by atoms with Gasteiger partial charge in [0.15, 0.2) is 5.82 Å². The van der Waals surface area contributed by atoms with Crippen LogP contribution in [0.2, 0.25) is 0 Å². The summed E-state index contributed by atoms with van der Waals surface area (Å²) in [6.07, 6.45) is 7.01. The van der Waals surface area contributed by atoms with Gasteiger partial charge in [0.25, 0.3) is 0 Å². The number of aromatic nitrogens is 4. The standard InChI is InChI=1S/C26H27N5O2/c1-26(2,19-5-9-22(10-6-19)33-24-15-20(27)16-24)18-3-7-21(8-4-18)32-23-11-12-25(28-17-23)31-29-13-14-30-31/h3-14,17,20,24H,15-16,27H2,1-2H3/t20-,24-. The highest BCUT2D eigenvalue weighted by Gasteiger charge is 2.28. The predicted molar refractivity (Wildman–Crippen MR) is 126 cm³/mol. The monoisotopic (exact) mass is 441 g/mol. The van der Waals surface area contributed by atoms with Crippen LogP contribution in [0.3, 0.4) is 0 Å². The van der Waals surface area contributed by atoms with E-state index in [-0.39, 0.29) is 17.6 Å². The minimum Gasteiger partial charge on any atom is -0.490 e. The van der Waals surface area contributed by atoms with Crippen LogP contribution in [0.15, 0.2) is 79.3 Å². The maximum Gasteiger partial charge on any atom is 0.174 e. The second kappa shape index (κ2) is 8.67. The third-order valence-electron chi connectivity index (χ3n) is 6.17. The molecule has 0 bridgehead atoms. The molecule has 1 saturated carbocycles. The summed E-state index contributed by atoms with van der Waals surface area (Å²) in [5.41, 5.74) is 8.12. The van der Waals surface area contributed by atoms with Gasteiger partial charge in [0.2, 0.25) is 0 Å². The molecule has 0 saturated heterocycles. The summed E-state index contributed by atoms with van der Waals surface area (Å²) >= 11 is 0. The summed E-state index contributed by atoms with van der Waals surface area (Å²) in [4.78, 5) is 5.81. The second-order valence-electron chi connectivity index (χ2n) is 8.92. The number of rotatable bonds is 7. The van der Waals surface area contributed by atoms with Crippen LogP contribution in [0, 0.1) is 0 Å². The number of hydrogen-bond acceptors (Lipinski definition) is 6. The fraction of sp³-hybridized carbons (Fsp3) is 0.269. The first-order valence-electron chi connectivity index (χ1n) is 11.1. The van der Waals surface area contributed by atoms with Crippen molar-refractivity contribution in [1.29, 1.82) is 0 Å². The van der Waals surface area contributed by atoms with E-state index in [1.54, 1.807) is 18.6 Å². The molecule has 33 heavy (non-hydrogen) atoms. The molecule has 0 aliphatic heterocycles. The Morgan fingerprint density at radius 3 is 1.94 bits per heavy atom. The third-order valence-corrected chi connectivity index (χ3v) is 6.17. The molecule has 0 amide bonds. The highest BCUT2D eigenvalue weighted by molar-refractivity contribution is 5.42. The van der Waals surface area contributed by atoms with E-state index >= 15 is 0 Å². The summed E-state index contributed by atoms with van der Waals surface area (Å²) in [6.45, 7) is 4.44. The lowest BCUT2D eigenvalue weighted by atomic mass is 9.78. The molecule has 2 heterocycles. The Morgan fingerprint density at radius 2 is 1.39 bits per heavy atom. The van der Waals surface area contributed by atoms with Gasteiger partial charge < -0.3 is 15.2 Å². The minimum atomic E-state index is -0.157. The molecule has 1 fully saturated rings. The molecule has 0 spiro atoms. The average Bonchev–Trinajstić information content (AvgIpc) is 3.34. The lowest BCUT2D eigenvalue weighted by Gasteiger charge is -2.33. The van der Waals surface area contributed by atoms with Gasteiger partial charge in [-0.15, -0.1) is 4.80 Å². The predicted octanol–water partition coefficient (Wildman–Crippen LogP) is 4.65. The van der Waals surface area contributed by atoms with E-state index in [2.05, 4.69) is 53.3 Å². The van der Waals surface area contributed by atoms with Crippen LogP contribution in [-0.4, -0.2) is 32.1 Å². The van der Waals surface area contributed by atoms with E-state index in [9.17, 15) is 0 Å². The highest BCUT2D eigenvalue weighted by atomic mass is 16.5. The fourth-order valence-electron chi connectivity index (χ4n) is 3.97. The van der Waals surface area contributed by atoms with E-state index in [0.717, 1.165) is 24.3 Å². The largest absolute Gasteiger partial charge is 0.490 e. The molecular formula is C26H27N5O2. The summed E-state index contributed by atoms with van der Waals surface area (Å²) in [7, 11) is 0. The summed E-state index contributed by atoms with van der Waals surface area (Å²) in [6, 6.07) is 20.5. The average molecular weight is 442 g/mol. The lowest BCUT2D eigenvalue weighted by Crippen LogP contribution is -2.43. The Kier molecular flexibility index (Phi) is 5.56. The van der Waals surface area contributed by atoms with Crippen molar-refractivity contribution in [3.8, 4) is 23.1 Å². The molecular weight excluding hydrogens is 414 g/mol. The van der Waals surface area contributed by atoms with Gasteiger partial charge in [-0.1, -0.05) is 38.1 Å². The molecule has 2 aromatic carbocycles. The molecule has 0 atom stereocenters. The van der Waals surface area contributed by atoms with Crippen LogP contribution in [0.4, 0.5) is 0 Å². The zero-order chi connectivity index (χ0) is 22.8. The number of pyridine rings is 1. The number of ether oxygens (including phenoxy) is 2. The van der Waals surface area contributed by atoms with Gasteiger partial charge in [-0.2, -0.15) is 10.2 Å². The quantitative estimate of drug-likeness (QED) is 0.449. The van der Waals surface area contributed by atoms with Crippen LogP contribution in [0.5, 0.6) is 17.2 Å². The van der Waals surface area contributed by atoms with E-state index in [0.29, 0.717) is 11.6 Å². The minimum absolute atomic E-state index is 0.157. The van der Waals surface area contributed by atoms with Crippen LogP contribution >= 0.6 is 0 Å². The molecule has 2 aromatic heterocycles. The van der Waals surface area contributed by atoms with Crippen molar-refractivity contribution in [3.05, 3.63) is 90.4 Å². The van der Waals surface area contributed by atoms with E-state index in [4.69, 9.17) is 15.2 Å². The molecule has 7 heteroatoms. The Morgan fingerprint density at radius 1 is 0.818 bits per heavy atom. The molecule has 0 unspecified atom stereocenters. The Labute approximate surface area is 193 Å². The van der Waals surface area contributed by atoms with Crippen LogP contribution in [0.1, 0.15) is 37.8 Å². The molecule has 1 aliphatic rings. The zero-order valence-corrected chi connectivity index (χ0v) is 18.8. The van der Waals surface area contributed by atoms with E-state index in [1.165, 1.54) is 15.9 Å². The molecule has 2 N–H and O–H groups in total. The Hall–Kier alpha value is -3.71. The summed E-state index contributed by atoms with van der Waals surface area (Å²) in [5, 5.41) is 8.15. The highest BCUT2D eigenvalue weighted by Crippen LogP contribution is 2.34. The van der Waals surface area contributed by atoms with E-state index < -0.39 is 0 Å². The lowest BCUT2D eigenvalue weighted by molar-refractivity contribution is 0.101. The third kappa shape index (κ3) is 4.59. The van der Waals surface area contributed by atoms with E-state index in [1.807, 2.05) is 36.4 Å². The van der Waals surface area contributed by atoms with Gasteiger partial charge in [-0.25, -0.2) is 4.98 Å². The second-order valence-corrected chi connectivity index (χ2v) is 8.92. The first-order valence-corrected chi connectivity index (χ1v) is 11.1. The molecule has 0 radical (unpaired) electrons. The smallest absolute Gasteiger partial charge is 0.174 e. The van der Waals surface area contributed by atoms with Gasteiger partial charge in [0.05, 0.1) is 18.6 Å². The summed E-state index contributed by atoms with van der Waals surface area (Å²) in [5.74, 6) is 2.94. The maximum absolute atomic E-state index is 5.98. The molecule has 1 aliphatic carbocycles. The van der Waals surface area contributed by atoms with Crippen molar-refractivity contribution in [2.45, 2.75) is 44.2 Å². The Bertz CT molecular complexity index is 1180. The molecule has 4 aromatic rings. The first-order chi connectivity index (χ1) is 16.0. The molecule has 168 valence electrons. The van der Waals surface area contributed by atoms with Crippen molar-refractivity contribution in [2.24, 2.45) is 5.73 Å². The van der Waals surface area contributed by atoms with Crippen molar-refractivity contribution < 1.29 is 9.47 Å². The normalized spacial score (nSPS) is 17.9. The topological polar surface area (TPSA) is 88.1 Å². The summed E-state index contributed by atoms with van der Waals surface area (Å²) < 4.78 is 11.9. The number of nitrogens with zero attached hydrogens (tertiary/aromatic N) is 4. The van der Waals surface area contributed by atoms with Crippen LogP contribution in [-0.2, 0) is 5.41 Å². The van der Waals surface area contributed by atoms with Gasteiger partial charge in [-0.05, 0) is 60.4 Å². The molecule has 5 rings (SSSR count). The van der Waals surface area contributed by atoms with Gasteiger partial charge in [-0.3, -0.25) is 0 Å². The van der Waals surface area contributed by atoms with Crippen LogP contribution < -0.4 is 15.2 Å². The van der Waals surface area contributed by atoms with Gasteiger partial charge >= 0.3 is 0 Å². The molecule has 7 nitrogen and oxygen atoms in total. The maximum atomic E-state index is 5.98. The van der Waals surface area contributed by atoms with Crippen LogP contribution in [0.25, 0.3) is 5.82 Å². The number of hydrogen-bond donors (Lipinski definition) is 1. The van der Waals surface area contributed by atoms with Gasteiger partial charge in [0, 0.05) is 11.5 Å². The van der Waals surface area contributed by atoms with Gasteiger partial charge in [0.1, 0.15) is 23.4 Å².